The number of carbonyl (C=O) groups is 1. The quantitative estimate of drug-likeness (QED) is 0.637. The van der Waals surface area contributed by atoms with Crippen molar-refractivity contribution in [3.63, 3.8) is 0 Å². The molecule has 1 saturated carbocycles. The molecule has 1 N–H and O–H groups in total. The molecule has 21 heavy (non-hydrogen) atoms. The SMILES string of the molecule is C=C(C)COc1cccc(NC(=O)C2CCCCCC2)c1. The fraction of sp³-hybridized carbons (Fsp3) is 0.500. The Morgan fingerprint density at radius 1 is 1.29 bits per heavy atom. The van der Waals surface area contributed by atoms with E-state index in [1.54, 1.807) is 0 Å². The molecule has 0 aromatic heterocycles. The second-order valence-electron chi connectivity index (χ2n) is 5.95. The number of anilines is 1. The minimum absolute atomic E-state index is 0.147. The lowest BCUT2D eigenvalue weighted by atomic mass is 9.99. The highest BCUT2D eigenvalue weighted by molar-refractivity contribution is 5.92. The molecular weight excluding hydrogens is 262 g/mol. The number of amides is 1. The van der Waals surface area contributed by atoms with Gasteiger partial charge in [-0.05, 0) is 37.5 Å². The summed E-state index contributed by atoms with van der Waals surface area (Å²) in [7, 11) is 0. The summed E-state index contributed by atoms with van der Waals surface area (Å²) in [6, 6.07) is 7.57. The van der Waals surface area contributed by atoms with Crippen LogP contribution < -0.4 is 10.1 Å². The van der Waals surface area contributed by atoms with Gasteiger partial charge >= 0.3 is 0 Å². The van der Waals surface area contributed by atoms with Crippen LogP contribution in [0.1, 0.15) is 45.4 Å². The summed E-state index contributed by atoms with van der Waals surface area (Å²) in [4.78, 5) is 12.3. The normalized spacial score (nSPS) is 16.0. The van der Waals surface area contributed by atoms with Crippen molar-refractivity contribution < 1.29 is 9.53 Å². The fourth-order valence-corrected chi connectivity index (χ4v) is 2.66. The van der Waals surface area contributed by atoms with Crippen LogP contribution >= 0.6 is 0 Å². The first kappa shape index (κ1) is 15.6. The predicted molar refractivity (Wildman–Crippen MR) is 86.6 cm³/mol. The van der Waals surface area contributed by atoms with Gasteiger partial charge in [-0.25, -0.2) is 0 Å². The summed E-state index contributed by atoms with van der Waals surface area (Å²) in [6.45, 7) is 6.24. The first-order valence-corrected chi connectivity index (χ1v) is 7.83. The van der Waals surface area contributed by atoms with Gasteiger partial charge < -0.3 is 10.1 Å². The van der Waals surface area contributed by atoms with Crippen LogP contribution in [-0.4, -0.2) is 12.5 Å². The monoisotopic (exact) mass is 287 g/mol. The molecule has 1 aromatic carbocycles. The Morgan fingerprint density at radius 3 is 2.67 bits per heavy atom. The van der Waals surface area contributed by atoms with Crippen LogP contribution in [0.25, 0.3) is 0 Å². The molecule has 114 valence electrons. The van der Waals surface area contributed by atoms with Crippen molar-refractivity contribution in [2.45, 2.75) is 45.4 Å². The van der Waals surface area contributed by atoms with Crippen LogP contribution in [0.3, 0.4) is 0 Å². The van der Waals surface area contributed by atoms with Crippen LogP contribution in [0.4, 0.5) is 5.69 Å². The lowest BCUT2D eigenvalue weighted by Gasteiger charge is -2.15. The Bertz CT molecular complexity index is 488. The van der Waals surface area contributed by atoms with Crippen molar-refractivity contribution in [2.24, 2.45) is 5.92 Å². The van der Waals surface area contributed by atoms with Gasteiger partial charge in [0.1, 0.15) is 12.4 Å². The first-order valence-electron chi connectivity index (χ1n) is 7.83. The maximum absolute atomic E-state index is 12.3. The molecule has 0 aliphatic heterocycles. The molecule has 1 fully saturated rings. The van der Waals surface area contributed by atoms with Gasteiger partial charge in [0.05, 0.1) is 0 Å². The molecule has 0 radical (unpaired) electrons. The topological polar surface area (TPSA) is 38.3 Å². The zero-order chi connectivity index (χ0) is 15.1. The number of rotatable bonds is 5. The van der Waals surface area contributed by atoms with Gasteiger partial charge in [0, 0.05) is 17.7 Å². The van der Waals surface area contributed by atoms with E-state index in [-0.39, 0.29) is 11.8 Å². The van der Waals surface area contributed by atoms with E-state index < -0.39 is 0 Å². The van der Waals surface area contributed by atoms with Gasteiger partial charge in [-0.3, -0.25) is 4.79 Å². The van der Waals surface area contributed by atoms with Crippen LogP contribution in [-0.2, 0) is 4.79 Å². The molecule has 0 spiro atoms. The Labute approximate surface area is 127 Å². The third kappa shape index (κ3) is 5.25. The Kier molecular flexibility index (Phi) is 5.85. The molecule has 3 heteroatoms. The molecule has 3 nitrogen and oxygen atoms in total. The Hall–Kier alpha value is -1.77. The van der Waals surface area contributed by atoms with E-state index in [0.29, 0.717) is 6.61 Å². The Morgan fingerprint density at radius 2 is 2.00 bits per heavy atom. The van der Waals surface area contributed by atoms with Crippen molar-refractivity contribution in [3.8, 4) is 5.75 Å². The van der Waals surface area contributed by atoms with Crippen LogP contribution in [0.5, 0.6) is 5.75 Å². The van der Waals surface area contributed by atoms with Crippen molar-refractivity contribution in [2.75, 3.05) is 11.9 Å². The number of nitrogens with one attached hydrogen (secondary N) is 1. The summed E-state index contributed by atoms with van der Waals surface area (Å²) < 4.78 is 5.60. The molecule has 1 amide bonds. The molecule has 1 aromatic rings. The van der Waals surface area contributed by atoms with Crippen molar-refractivity contribution in [1.29, 1.82) is 0 Å². The van der Waals surface area contributed by atoms with Gasteiger partial charge in [-0.2, -0.15) is 0 Å². The van der Waals surface area contributed by atoms with Gasteiger partial charge in [0.2, 0.25) is 5.91 Å². The zero-order valence-corrected chi connectivity index (χ0v) is 12.9. The van der Waals surface area contributed by atoms with Crippen LogP contribution in [0.2, 0.25) is 0 Å². The van der Waals surface area contributed by atoms with Crippen molar-refractivity contribution >= 4 is 11.6 Å². The van der Waals surface area contributed by atoms with E-state index in [0.717, 1.165) is 29.9 Å². The molecular formula is C18H25NO2. The van der Waals surface area contributed by atoms with Crippen molar-refractivity contribution in [1.82, 2.24) is 0 Å². The van der Waals surface area contributed by atoms with E-state index in [1.165, 1.54) is 25.7 Å². The molecule has 0 unspecified atom stereocenters. The number of carbonyl (C=O) groups excluding carboxylic acids is 1. The summed E-state index contributed by atoms with van der Waals surface area (Å²) in [6.07, 6.45) is 6.87. The maximum atomic E-state index is 12.3. The lowest BCUT2D eigenvalue weighted by Crippen LogP contribution is -2.22. The standard InChI is InChI=1S/C18H25NO2/c1-14(2)13-21-17-11-7-10-16(12-17)19-18(20)15-8-5-3-4-6-9-15/h7,10-12,15H,1,3-6,8-9,13H2,2H3,(H,19,20). The second kappa shape index (κ2) is 7.87. The molecule has 0 saturated heterocycles. The molecule has 1 aliphatic carbocycles. The number of ether oxygens (including phenoxy) is 1. The highest BCUT2D eigenvalue weighted by Crippen LogP contribution is 2.25. The predicted octanol–water partition coefficient (Wildman–Crippen LogP) is 4.55. The maximum Gasteiger partial charge on any atom is 0.227 e. The number of hydrogen-bond donors (Lipinski definition) is 1. The first-order chi connectivity index (χ1) is 10.1. The molecule has 2 rings (SSSR count). The summed E-state index contributed by atoms with van der Waals surface area (Å²) in [5, 5.41) is 3.03. The average molecular weight is 287 g/mol. The molecule has 0 atom stereocenters. The van der Waals surface area contributed by atoms with Crippen molar-refractivity contribution in [3.05, 3.63) is 36.4 Å². The third-order valence-corrected chi connectivity index (χ3v) is 3.81. The molecule has 1 aliphatic rings. The fourth-order valence-electron chi connectivity index (χ4n) is 2.66. The lowest BCUT2D eigenvalue weighted by molar-refractivity contribution is -0.120. The highest BCUT2D eigenvalue weighted by Gasteiger charge is 2.20. The van der Waals surface area contributed by atoms with Crippen LogP contribution in [0.15, 0.2) is 36.4 Å². The van der Waals surface area contributed by atoms with Crippen LogP contribution in [0, 0.1) is 5.92 Å². The van der Waals surface area contributed by atoms with E-state index in [2.05, 4.69) is 11.9 Å². The van der Waals surface area contributed by atoms with Gasteiger partial charge in [0.15, 0.2) is 0 Å². The van der Waals surface area contributed by atoms with E-state index in [4.69, 9.17) is 4.74 Å². The van der Waals surface area contributed by atoms with Gasteiger partial charge in [-0.15, -0.1) is 0 Å². The number of hydrogen-bond acceptors (Lipinski definition) is 2. The summed E-state index contributed by atoms with van der Waals surface area (Å²) in [5.74, 6) is 1.07. The molecule has 0 bridgehead atoms. The van der Waals surface area contributed by atoms with E-state index in [9.17, 15) is 4.79 Å². The third-order valence-electron chi connectivity index (χ3n) is 3.81. The minimum atomic E-state index is 0.147. The summed E-state index contributed by atoms with van der Waals surface area (Å²) >= 11 is 0. The van der Waals surface area contributed by atoms with Gasteiger partial charge in [0.25, 0.3) is 0 Å². The largest absolute Gasteiger partial charge is 0.489 e. The van der Waals surface area contributed by atoms with Gasteiger partial charge in [-0.1, -0.05) is 38.3 Å². The number of benzene rings is 1. The molecule has 0 heterocycles. The second-order valence-corrected chi connectivity index (χ2v) is 5.95. The smallest absolute Gasteiger partial charge is 0.227 e. The average Bonchev–Trinajstić information content (AvgIpc) is 2.74. The highest BCUT2D eigenvalue weighted by atomic mass is 16.5. The minimum Gasteiger partial charge on any atom is -0.489 e. The summed E-state index contributed by atoms with van der Waals surface area (Å²) in [5.41, 5.74) is 1.78. The Balaban J connectivity index is 1.93. The van der Waals surface area contributed by atoms with E-state index >= 15 is 0 Å². The van der Waals surface area contributed by atoms with E-state index in [1.807, 2.05) is 31.2 Å². The zero-order valence-electron chi connectivity index (χ0n) is 12.9.